The lowest BCUT2D eigenvalue weighted by Crippen LogP contribution is -2.21. The number of nitrogens with zero attached hydrogens (tertiary/aromatic N) is 6. The fraction of sp³-hybridized carbons (Fsp3) is 0.552. The third-order valence-corrected chi connectivity index (χ3v) is 5.84. The molecule has 4 aliphatic rings. The third-order valence-electron chi connectivity index (χ3n) is 5.17. The minimum Gasteiger partial charge on any atom is -0.361 e. The monoisotopic (exact) mass is 651 g/mol. The number of hydrogen-bond donors (Lipinski definition) is 5. The molecular formula is C29H53N11O4S. The van der Waals surface area contributed by atoms with Crippen molar-refractivity contribution in [1.82, 2.24) is 37.1 Å². The molecule has 1 atom stereocenters. The topological polar surface area (TPSA) is 176 Å². The number of hydroxylamine groups is 4. The molecule has 5 heterocycles. The van der Waals surface area contributed by atoms with Gasteiger partial charge in [0.2, 0.25) is 17.6 Å². The molecule has 5 rings (SSSR count). The van der Waals surface area contributed by atoms with Crippen LogP contribution in [0.25, 0.3) is 0 Å². The lowest BCUT2D eigenvalue weighted by Gasteiger charge is -2.00. The van der Waals surface area contributed by atoms with Crippen LogP contribution in [0.1, 0.15) is 88.4 Å². The van der Waals surface area contributed by atoms with E-state index in [0.29, 0.717) is 47.2 Å². The Kier molecular flexibility index (Phi) is 18.8. The van der Waals surface area contributed by atoms with Crippen LogP contribution >= 0.6 is 11.0 Å². The zero-order valence-corrected chi connectivity index (χ0v) is 28.3. The standard InChI is InChI=1S/3C6H10N2O.C5H9N3.C5H10N2OS.CH4/c3*1-4(2)6-7-5(3)9-8-6;1-4(2)5-6-3-7-8-5;1-4(2)5-6-8-9(3)7-5;/h3*4H,3H2,1-2H3,(H,7,8);3-4H,1-2H3,(H,6,7,8);4H,3H2,1-2H3,(H,6,7);1H4. The molecule has 0 fully saturated rings. The summed E-state index contributed by atoms with van der Waals surface area (Å²) in [5.74, 6) is 11.3. The van der Waals surface area contributed by atoms with Gasteiger partial charge in [-0.25, -0.2) is 26.9 Å². The fourth-order valence-corrected chi connectivity index (χ4v) is 3.25. The van der Waals surface area contributed by atoms with E-state index in [1.165, 1.54) is 6.33 Å². The highest BCUT2D eigenvalue weighted by molar-refractivity contribution is 8.09. The molecule has 0 radical (unpaired) electrons. The van der Waals surface area contributed by atoms with Crippen molar-refractivity contribution in [3.05, 3.63) is 49.5 Å². The maximum Gasteiger partial charge on any atom is 0.240 e. The molecule has 0 amide bonds. The lowest BCUT2D eigenvalue weighted by atomic mass is 10.2. The molecule has 0 aromatic carbocycles. The smallest absolute Gasteiger partial charge is 0.240 e. The molecule has 5 N–H and O–H groups in total. The molecule has 45 heavy (non-hydrogen) atoms. The van der Waals surface area contributed by atoms with Crippen LogP contribution < -0.4 is 21.9 Å². The van der Waals surface area contributed by atoms with Crippen molar-refractivity contribution in [2.24, 2.45) is 43.0 Å². The second-order valence-corrected chi connectivity index (χ2v) is 11.9. The van der Waals surface area contributed by atoms with Crippen LogP contribution in [0.4, 0.5) is 0 Å². The largest absolute Gasteiger partial charge is 0.361 e. The summed E-state index contributed by atoms with van der Waals surface area (Å²) in [5, 5.41) is 6.48. The highest BCUT2D eigenvalue weighted by Crippen LogP contribution is 2.19. The SMILES string of the molecule is C.C=C1N=C(C(C)C)NO1.C=C1N=C(C(C)C)NO1.C=C1N=C(C(C)C)NO1.C=S1N=C(C(C)C)NO1.CC(C)c1ncn[nH]1. The Balaban J connectivity index is 0.000000535. The van der Waals surface area contributed by atoms with E-state index in [1.54, 1.807) is 0 Å². The number of amidine groups is 4. The third kappa shape index (κ3) is 16.5. The summed E-state index contributed by atoms with van der Waals surface area (Å²) in [7, 11) is -0.497. The molecule has 0 aliphatic carbocycles. The Bertz CT molecular complexity index is 1080. The van der Waals surface area contributed by atoms with E-state index < -0.39 is 11.0 Å². The first-order valence-corrected chi connectivity index (χ1v) is 15.4. The van der Waals surface area contributed by atoms with Crippen LogP contribution in [0.15, 0.2) is 63.1 Å². The van der Waals surface area contributed by atoms with Crippen LogP contribution in [0, 0.1) is 23.7 Å². The first-order chi connectivity index (χ1) is 20.6. The fourth-order valence-electron chi connectivity index (χ4n) is 2.57. The minimum atomic E-state index is -0.497. The van der Waals surface area contributed by atoms with Crippen molar-refractivity contribution in [1.29, 1.82) is 0 Å². The summed E-state index contributed by atoms with van der Waals surface area (Å²) in [6.07, 6.45) is 1.52. The van der Waals surface area contributed by atoms with Gasteiger partial charge in [-0.1, -0.05) is 76.7 Å². The van der Waals surface area contributed by atoms with Gasteiger partial charge in [0.1, 0.15) is 35.5 Å². The van der Waals surface area contributed by atoms with Crippen LogP contribution in [-0.4, -0.2) is 44.4 Å². The van der Waals surface area contributed by atoms with Gasteiger partial charge in [-0.3, -0.25) is 5.10 Å². The Hall–Kier alpha value is -4.18. The summed E-state index contributed by atoms with van der Waals surface area (Å²) in [6, 6.07) is 0. The Labute approximate surface area is 271 Å². The Morgan fingerprint density at radius 3 is 1.11 bits per heavy atom. The highest BCUT2D eigenvalue weighted by Gasteiger charge is 2.14. The molecule has 0 saturated carbocycles. The van der Waals surface area contributed by atoms with Gasteiger partial charge in [-0.15, -0.1) is 0 Å². The van der Waals surface area contributed by atoms with E-state index in [2.05, 4.69) is 110 Å². The van der Waals surface area contributed by atoms with Crippen molar-refractivity contribution >= 4 is 40.2 Å². The van der Waals surface area contributed by atoms with Gasteiger partial charge in [0.15, 0.2) is 0 Å². The first-order valence-electron chi connectivity index (χ1n) is 14.1. The highest BCUT2D eigenvalue weighted by atomic mass is 32.2. The second-order valence-electron chi connectivity index (χ2n) is 10.9. The molecule has 0 spiro atoms. The quantitative estimate of drug-likeness (QED) is 0.244. The molecule has 1 aromatic heterocycles. The van der Waals surface area contributed by atoms with Crippen LogP contribution in [0.3, 0.4) is 0 Å². The van der Waals surface area contributed by atoms with Gasteiger partial charge in [0.25, 0.3) is 0 Å². The molecule has 0 bridgehead atoms. The maximum absolute atomic E-state index is 4.89. The van der Waals surface area contributed by atoms with Gasteiger partial charge in [0.05, 0.1) is 11.0 Å². The predicted molar refractivity (Wildman–Crippen MR) is 185 cm³/mol. The van der Waals surface area contributed by atoms with Crippen molar-refractivity contribution in [3.8, 4) is 0 Å². The Morgan fingerprint density at radius 1 is 0.600 bits per heavy atom. The predicted octanol–water partition coefficient (Wildman–Crippen LogP) is 5.81. The molecule has 1 unspecified atom stereocenters. The number of aliphatic imine (C=N–C) groups is 3. The molecule has 16 heteroatoms. The van der Waals surface area contributed by atoms with E-state index >= 15 is 0 Å². The van der Waals surface area contributed by atoms with Crippen LogP contribution in [-0.2, 0) is 18.8 Å². The number of nitrogens with one attached hydrogen (secondary N) is 5. The molecule has 4 aliphatic heterocycles. The zero-order valence-electron chi connectivity index (χ0n) is 27.5. The summed E-state index contributed by atoms with van der Waals surface area (Å²) in [6.45, 7) is 31.0. The average molecular weight is 652 g/mol. The molecular weight excluding hydrogens is 598 g/mol. The number of rotatable bonds is 5. The zero-order chi connectivity index (χ0) is 33.4. The van der Waals surface area contributed by atoms with Crippen molar-refractivity contribution in [2.45, 2.75) is 82.6 Å². The van der Waals surface area contributed by atoms with Crippen molar-refractivity contribution in [3.63, 3.8) is 0 Å². The van der Waals surface area contributed by atoms with Crippen LogP contribution in [0.5, 0.6) is 0 Å². The molecule has 1 aromatic rings. The van der Waals surface area contributed by atoms with Gasteiger partial charge >= 0.3 is 0 Å². The van der Waals surface area contributed by atoms with Crippen molar-refractivity contribution in [2.75, 3.05) is 0 Å². The molecule has 15 nitrogen and oxygen atoms in total. The van der Waals surface area contributed by atoms with Gasteiger partial charge in [-0.2, -0.15) is 28.8 Å². The van der Waals surface area contributed by atoms with E-state index in [0.717, 1.165) is 29.2 Å². The summed E-state index contributed by atoms with van der Waals surface area (Å²) in [5.41, 5.74) is 10.7. The van der Waals surface area contributed by atoms with Gasteiger partial charge < -0.3 is 14.5 Å². The molecule has 254 valence electrons. The summed E-state index contributed by atoms with van der Waals surface area (Å²) < 4.78 is 8.98. The number of aromatic amines is 1. The Morgan fingerprint density at radius 2 is 0.978 bits per heavy atom. The summed E-state index contributed by atoms with van der Waals surface area (Å²) >= 11 is 0. The number of aromatic nitrogens is 3. The van der Waals surface area contributed by atoms with E-state index in [9.17, 15) is 0 Å². The number of H-pyrrole nitrogens is 1. The second kappa shape index (κ2) is 20.7. The van der Waals surface area contributed by atoms with E-state index in [-0.39, 0.29) is 7.43 Å². The summed E-state index contributed by atoms with van der Waals surface area (Å²) in [4.78, 5) is 30.2. The van der Waals surface area contributed by atoms with Gasteiger partial charge in [-0.05, 0) is 25.6 Å². The maximum atomic E-state index is 4.89. The number of hydrogen-bond acceptors (Lipinski definition) is 14. The lowest BCUT2D eigenvalue weighted by molar-refractivity contribution is 0.176. The average Bonchev–Trinajstić information content (AvgIpc) is 3.76. The first kappa shape index (κ1) is 40.8. The van der Waals surface area contributed by atoms with E-state index in [1.807, 2.05) is 41.5 Å². The van der Waals surface area contributed by atoms with Gasteiger partial charge in [0, 0.05) is 29.6 Å². The van der Waals surface area contributed by atoms with E-state index in [4.69, 9.17) is 18.8 Å². The normalized spacial score (nSPS) is 17.4. The minimum absolute atomic E-state index is 0. The van der Waals surface area contributed by atoms with Crippen molar-refractivity contribution < 1.29 is 18.8 Å². The molecule has 0 saturated heterocycles. The van der Waals surface area contributed by atoms with Crippen LogP contribution in [0.2, 0.25) is 0 Å².